The lowest BCUT2D eigenvalue weighted by Gasteiger charge is -2.31. The quantitative estimate of drug-likeness (QED) is 0.00942. The molecule has 33 heteroatoms. The molecule has 592 valence electrons. The first-order valence-corrected chi connectivity index (χ1v) is 36.7. The number of aromatic nitrogens is 2. The van der Waals surface area contributed by atoms with Gasteiger partial charge in [0.15, 0.2) is 5.60 Å². The topological polar surface area (TPSA) is 406 Å². The van der Waals surface area contributed by atoms with Gasteiger partial charge in [-0.15, -0.1) is 0 Å². The van der Waals surface area contributed by atoms with Crippen molar-refractivity contribution in [3.63, 3.8) is 0 Å². The van der Waals surface area contributed by atoms with Gasteiger partial charge in [0.2, 0.25) is 35.4 Å². The molecule has 9 rings (SSSR count). The van der Waals surface area contributed by atoms with Gasteiger partial charge in [-0.3, -0.25) is 52.8 Å². The van der Waals surface area contributed by atoms with Crippen molar-refractivity contribution in [1.82, 2.24) is 46.4 Å². The number of ether oxygens (including phenoxy) is 10. The van der Waals surface area contributed by atoms with E-state index in [9.17, 15) is 57.8 Å². The third-order valence-corrected chi connectivity index (χ3v) is 18.5. The SMILES string of the molecule is CC[C@@]1(O)C(=O)OCc2c1cc1n(c2=O)Cc2c-1nc1cc(F)c(C)c3c1c2C(/C=N\C(=O)c1ccc(COCNC(=O)CNC(=O)[C@H](Cc2ccccc2)NC(=O)CNC(=O)CNC(=O)COCCOCCOCCOCCOCCOCCOCCOCCNC(=O)CCCCCN2C(=O)C=CC2=O)cc1)CC3. The number of nitrogens with zero attached hydrogens (tertiary/aromatic N) is 4. The van der Waals surface area contributed by atoms with Gasteiger partial charge in [0.05, 0.1) is 154 Å². The summed E-state index contributed by atoms with van der Waals surface area (Å²) in [7, 11) is 0. The van der Waals surface area contributed by atoms with Crippen molar-refractivity contribution in [2.24, 2.45) is 4.99 Å². The lowest BCUT2D eigenvalue weighted by atomic mass is 9.78. The minimum atomic E-state index is -2.03. The number of hydrogen-bond donors (Lipinski definition) is 7. The molecule has 3 aromatic carbocycles. The van der Waals surface area contributed by atoms with Gasteiger partial charge in [-0.25, -0.2) is 19.2 Å². The van der Waals surface area contributed by atoms with Crippen molar-refractivity contribution >= 4 is 76.3 Å². The highest BCUT2D eigenvalue weighted by atomic mass is 19.1. The second-order valence-electron chi connectivity index (χ2n) is 26.1. The summed E-state index contributed by atoms with van der Waals surface area (Å²) in [6.45, 7) is 6.98. The average molecular weight is 1530 g/mol. The molecule has 32 nitrogen and oxygen atoms in total. The number of halogens is 1. The molecule has 9 amide bonds. The number of carbonyl (C=O) groups is 10. The Morgan fingerprint density at radius 3 is 1.91 bits per heavy atom. The molecule has 3 atom stereocenters. The van der Waals surface area contributed by atoms with Crippen LogP contribution in [-0.2, 0) is 129 Å². The minimum Gasteiger partial charge on any atom is -0.458 e. The number of carbonyl (C=O) groups excluding carboxylic acids is 10. The molecule has 1 aliphatic carbocycles. The number of hydrogen-bond acceptors (Lipinski definition) is 23. The molecule has 5 aromatic rings. The van der Waals surface area contributed by atoms with E-state index >= 15 is 4.39 Å². The Labute approximate surface area is 634 Å². The number of imide groups is 1. The van der Waals surface area contributed by atoms with E-state index in [2.05, 4.69) is 36.9 Å². The van der Waals surface area contributed by atoms with Gasteiger partial charge in [-0.05, 0) is 85.0 Å². The molecule has 5 heterocycles. The molecule has 7 N–H and O–H groups in total. The van der Waals surface area contributed by atoms with Crippen LogP contribution >= 0.6 is 0 Å². The summed E-state index contributed by atoms with van der Waals surface area (Å²) in [4.78, 5) is 150. The molecule has 0 radical (unpaired) electrons. The fourth-order valence-electron chi connectivity index (χ4n) is 12.6. The molecule has 0 saturated carbocycles. The van der Waals surface area contributed by atoms with Crippen molar-refractivity contribution in [1.29, 1.82) is 0 Å². The first kappa shape index (κ1) is 84.1. The maximum Gasteiger partial charge on any atom is 0.343 e. The summed E-state index contributed by atoms with van der Waals surface area (Å²) < 4.78 is 71.6. The minimum absolute atomic E-state index is 0.0331. The Bertz CT molecular complexity index is 4160. The lowest BCUT2D eigenvalue weighted by molar-refractivity contribution is -0.172. The van der Waals surface area contributed by atoms with Gasteiger partial charge in [-0.2, -0.15) is 0 Å². The zero-order valence-electron chi connectivity index (χ0n) is 61.8. The summed E-state index contributed by atoms with van der Waals surface area (Å²) in [5.41, 5.74) is 3.37. The molecule has 1 unspecified atom stereocenters. The molecule has 0 bridgehead atoms. The monoisotopic (exact) mass is 1530 g/mol. The standard InChI is InChI=1S/C77H95FN10O22/c1-3-77(100)58-39-62-72-56(45-88(62)75(98)57(58)47-110-76(77)99)70-54(17-18-55-50(2)59(78)40-60(86-72)71(55)70)41-82-73(96)53-15-13-52(14-16-53)46-109-49-84-65(91)43-83-74(97)61(38-51-10-6-4-7-11-51)85-66(92)44-80-64(90)42-81-67(93)48-108-37-36-107-35-34-106-33-32-105-31-30-104-29-28-103-27-26-102-25-24-101-23-21-79-63(89)12-8-5-9-22-87-68(94)19-20-69(87)95/h4,6-7,10-11,13-16,19-20,39-41,54,61,100H,3,5,8-9,12,17-18,21-38,42-49H2,1-2H3,(H,79,89)(H,80,90)(H,81,93)(H,83,97)(H,84,91)(H,85,92)/b82-41-/t54?,61-,77-/m0/s1. The predicted molar refractivity (Wildman–Crippen MR) is 392 cm³/mol. The number of aliphatic hydroxyl groups is 1. The maximum atomic E-state index is 15.5. The Kier molecular flexibility index (Phi) is 33.2. The van der Waals surface area contributed by atoms with E-state index in [4.69, 9.17) is 52.4 Å². The maximum absolute atomic E-state index is 15.5. The van der Waals surface area contributed by atoms with Gasteiger partial charge in [-0.1, -0.05) is 55.8 Å². The summed E-state index contributed by atoms with van der Waals surface area (Å²) in [6, 6.07) is 17.2. The number of benzene rings is 3. The Balaban J connectivity index is 0.563. The van der Waals surface area contributed by atoms with Crippen molar-refractivity contribution in [3.05, 3.63) is 145 Å². The second kappa shape index (κ2) is 43.5. The third-order valence-electron chi connectivity index (χ3n) is 18.5. The highest BCUT2D eigenvalue weighted by molar-refractivity contribution is 6.13. The van der Waals surface area contributed by atoms with E-state index in [0.29, 0.717) is 164 Å². The van der Waals surface area contributed by atoms with Crippen LogP contribution in [0.15, 0.2) is 88.7 Å². The van der Waals surface area contributed by atoms with E-state index in [1.54, 1.807) is 80.7 Å². The number of nitrogens with one attached hydrogen (secondary N) is 6. The van der Waals surface area contributed by atoms with Crippen LogP contribution in [0.1, 0.15) is 106 Å². The van der Waals surface area contributed by atoms with Gasteiger partial charge in [0, 0.05) is 78.4 Å². The van der Waals surface area contributed by atoms with Crippen LogP contribution in [0, 0.1) is 12.7 Å². The summed E-state index contributed by atoms with van der Waals surface area (Å²) in [5, 5.41) is 27.4. The molecular formula is C77H95FN10O22. The summed E-state index contributed by atoms with van der Waals surface area (Å²) in [6.07, 6.45) is 7.50. The number of fused-ring (bicyclic) bond motifs is 5. The molecule has 3 aliphatic heterocycles. The number of cyclic esters (lactones) is 1. The zero-order valence-corrected chi connectivity index (χ0v) is 61.8. The number of unbranched alkanes of at least 4 members (excludes halogenated alkanes) is 2. The fourth-order valence-corrected chi connectivity index (χ4v) is 12.6. The number of aliphatic imine (C=N–C) groups is 1. The molecule has 0 spiro atoms. The van der Waals surface area contributed by atoms with Gasteiger partial charge < -0.3 is 88.9 Å². The predicted octanol–water partition coefficient (Wildman–Crippen LogP) is 1.87. The van der Waals surface area contributed by atoms with E-state index in [1.165, 1.54) is 27.7 Å². The van der Waals surface area contributed by atoms with E-state index < -0.39 is 90.0 Å². The van der Waals surface area contributed by atoms with Crippen molar-refractivity contribution in [3.8, 4) is 11.4 Å². The van der Waals surface area contributed by atoms with Gasteiger partial charge >= 0.3 is 5.97 Å². The zero-order chi connectivity index (χ0) is 78.2. The molecule has 110 heavy (non-hydrogen) atoms. The Hall–Kier alpha value is -9.94. The average Bonchev–Trinajstić information content (AvgIpc) is 1.52. The number of esters is 1. The van der Waals surface area contributed by atoms with Gasteiger partial charge in [0.1, 0.15) is 31.8 Å². The number of rotatable bonds is 49. The van der Waals surface area contributed by atoms with Crippen LogP contribution in [-0.4, -0.2) is 236 Å². The van der Waals surface area contributed by atoms with Crippen LogP contribution in [0.4, 0.5) is 4.39 Å². The number of amides is 9. The molecule has 0 fully saturated rings. The van der Waals surface area contributed by atoms with Gasteiger partial charge in [0.25, 0.3) is 23.3 Å². The van der Waals surface area contributed by atoms with Crippen molar-refractivity contribution in [2.45, 2.75) is 103 Å². The molecule has 4 aliphatic rings. The summed E-state index contributed by atoms with van der Waals surface area (Å²) in [5.74, 6) is -6.15. The van der Waals surface area contributed by atoms with Crippen LogP contribution in [0.3, 0.4) is 0 Å². The van der Waals surface area contributed by atoms with E-state index in [0.717, 1.165) is 22.9 Å². The van der Waals surface area contributed by atoms with Crippen LogP contribution in [0.25, 0.3) is 22.3 Å². The van der Waals surface area contributed by atoms with Crippen LogP contribution in [0.5, 0.6) is 0 Å². The number of pyridine rings is 2. The Morgan fingerprint density at radius 1 is 0.664 bits per heavy atom. The highest BCUT2D eigenvalue weighted by Crippen LogP contribution is 2.46. The van der Waals surface area contributed by atoms with Crippen molar-refractivity contribution in [2.75, 3.05) is 145 Å². The third kappa shape index (κ3) is 24.5. The normalized spacial score (nSPS) is 15.7. The van der Waals surface area contributed by atoms with Crippen LogP contribution in [0.2, 0.25) is 0 Å². The molecular weight excluding hydrogens is 1440 g/mol. The number of aryl methyl sites for hydroxylation is 1. The second-order valence-corrected chi connectivity index (χ2v) is 26.1. The van der Waals surface area contributed by atoms with Crippen molar-refractivity contribution < 1.29 is 105 Å². The fraction of sp³-hybridized carbons (Fsp3) is 0.494. The Morgan fingerprint density at radius 2 is 1.26 bits per heavy atom. The molecule has 0 saturated heterocycles. The lowest BCUT2D eigenvalue weighted by Crippen LogP contribution is -2.52. The van der Waals surface area contributed by atoms with E-state index in [-0.39, 0.29) is 100 Å². The first-order valence-electron chi connectivity index (χ1n) is 36.7. The summed E-state index contributed by atoms with van der Waals surface area (Å²) >= 11 is 0. The smallest absolute Gasteiger partial charge is 0.343 e. The van der Waals surface area contributed by atoms with E-state index in [1.807, 2.05) is 0 Å². The van der Waals surface area contributed by atoms with Crippen LogP contribution < -0.4 is 37.5 Å². The largest absolute Gasteiger partial charge is 0.458 e. The first-order chi connectivity index (χ1) is 53.3. The molecule has 2 aromatic heterocycles. The highest BCUT2D eigenvalue weighted by Gasteiger charge is 2.46.